The zero-order chi connectivity index (χ0) is 20.2. The number of aromatic nitrogens is 5. The number of halogens is 1. The van der Waals surface area contributed by atoms with E-state index >= 15 is 0 Å². The van der Waals surface area contributed by atoms with Gasteiger partial charge in [0.05, 0.1) is 35.5 Å². The summed E-state index contributed by atoms with van der Waals surface area (Å²) in [5.74, 6) is -0.0633. The molecule has 0 bridgehead atoms. The van der Waals surface area contributed by atoms with E-state index in [1.165, 1.54) is 16.9 Å². The fraction of sp³-hybridized carbons (Fsp3) is 0.150. The van der Waals surface area contributed by atoms with Crippen LogP contribution in [-0.2, 0) is 6.42 Å². The van der Waals surface area contributed by atoms with E-state index < -0.39 is 5.82 Å². The minimum atomic E-state index is -0.416. The van der Waals surface area contributed by atoms with Gasteiger partial charge in [0.1, 0.15) is 17.3 Å². The number of pyridine rings is 1. The fourth-order valence-corrected chi connectivity index (χ4v) is 2.82. The van der Waals surface area contributed by atoms with Gasteiger partial charge in [-0.05, 0) is 31.2 Å². The highest BCUT2D eigenvalue weighted by Crippen LogP contribution is 2.18. The van der Waals surface area contributed by atoms with Crippen LogP contribution in [0.1, 0.15) is 21.7 Å². The van der Waals surface area contributed by atoms with Gasteiger partial charge < -0.3 is 9.84 Å². The molecule has 4 aromatic rings. The Kier molecular flexibility index (Phi) is 5.10. The number of carbonyl (C=O) groups excluding carboxylic acids is 1. The van der Waals surface area contributed by atoms with Crippen molar-refractivity contribution in [2.45, 2.75) is 13.3 Å². The SMILES string of the molecule is Cc1ccc(-n2nccn2)c(C(=O)NCCc2cc(-c3ccc(F)cn3)no2)c1. The Bertz CT molecular complexity index is 1120. The molecule has 1 N–H and O–H groups in total. The normalized spacial score (nSPS) is 10.8. The van der Waals surface area contributed by atoms with E-state index in [4.69, 9.17) is 4.52 Å². The molecule has 0 saturated heterocycles. The number of hydrogen-bond donors (Lipinski definition) is 1. The number of carbonyl (C=O) groups is 1. The van der Waals surface area contributed by atoms with Gasteiger partial charge in [-0.15, -0.1) is 0 Å². The molecule has 0 unspecified atom stereocenters. The lowest BCUT2D eigenvalue weighted by Crippen LogP contribution is -2.27. The topological polar surface area (TPSA) is 98.7 Å². The largest absolute Gasteiger partial charge is 0.361 e. The van der Waals surface area contributed by atoms with Gasteiger partial charge in [-0.2, -0.15) is 15.0 Å². The molecule has 1 amide bonds. The fourth-order valence-electron chi connectivity index (χ4n) is 2.82. The van der Waals surface area contributed by atoms with Crippen LogP contribution in [0.25, 0.3) is 17.1 Å². The van der Waals surface area contributed by atoms with Crippen LogP contribution in [0.15, 0.2) is 59.5 Å². The number of rotatable bonds is 6. The molecule has 146 valence electrons. The van der Waals surface area contributed by atoms with Crippen molar-refractivity contribution in [3.8, 4) is 17.1 Å². The van der Waals surface area contributed by atoms with Gasteiger partial charge in [0.2, 0.25) is 0 Å². The van der Waals surface area contributed by atoms with E-state index in [1.54, 1.807) is 24.5 Å². The predicted octanol–water partition coefficient (Wildman–Crippen LogP) is 2.74. The van der Waals surface area contributed by atoms with Gasteiger partial charge in [0, 0.05) is 19.0 Å². The van der Waals surface area contributed by atoms with Gasteiger partial charge in [0.25, 0.3) is 5.91 Å². The molecule has 0 aliphatic rings. The first-order valence-electron chi connectivity index (χ1n) is 8.93. The summed E-state index contributed by atoms with van der Waals surface area (Å²) < 4.78 is 18.3. The van der Waals surface area contributed by atoms with Crippen molar-refractivity contribution in [2.75, 3.05) is 6.54 Å². The third-order valence-electron chi connectivity index (χ3n) is 4.24. The van der Waals surface area contributed by atoms with Gasteiger partial charge in [-0.1, -0.05) is 16.8 Å². The lowest BCUT2D eigenvalue weighted by atomic mass is 10.1. The molecule has 0 fully saturated rings. The first kappa shape index (κ1) is 18.5. The molecule has 0 spiro atoms. The van der Waals surface area contributed by atoms with Crippen molar-refractivity contribution >= 4 is 5.91 Å². The lowest BCUT2D eigenvalue weighted by molar-refractivity contribution is 0.0953. The number of nitrogens with one attached hydrogen (secondary N) is 1. The van der Waals surface area contributed by atoms with E-state index in [9.17, 15) is 9.18 Å². The highest BCUT2D eigenvalue weighted by atomic mass is 19.1. The van der Waals surface area contributed by atoms with E-state index in [0.29, 0.717) is 41.4 Å². The maximum Gasteiger partial charge on any atom is 0.253 e. The zero-order valence-electron chi connectivity index (χ0n) is 15.5. The van der Waals surface area contributed by atoms with E-state index in [-0.39, 0.29) is 5.91 Å². The molecule has 1 aromatic carbocycles. The Balaban J connectivity index is 1.41. The summed E-state index contributed by atoms with van der Waals surface area (Å²) in [6, 6.07) is 10.1. The summed E-state index contributed by atoms with van der Waals surface area (Å²) >= 11 is 0. The van der Waals surface area contributed by atoms with Crippen LogP contribution in [0.2, 0.25) is 0 Å². The molecule has 0 saturated carbocycles. The second-order valence-electron chi connectivity index (χ2n) is 6.39. The van der Waals surface area contributed by atoms with Crippen LogP contribution >= 0.6 is 0 Å². The third kappa shape index (κ3) is 4.18. The average Bonchev–Trinajstić information content (AvgIpc) is 3.41. The summed E-state index contributed by atoms with van der Waals surface area (Å²) in [5, 5.41) is 15.0. The van der Waals surface area contributed by atoms with Crippen molar-refractivity contribution in [2.24, 2.45) is 0 Å². The molecule has 0 radical (unpaired) electrons. The minimum absolute atomic E-state index is 0.235. The van der Waals surface area contributed by atoms with Crippen molar-refractivity contribution in [3.63, 3.8) is 0 Å². The Morgan fingerprint density at radius 3 is 2.72 bits per heavy atom. The second-order valence-corrected chi connectivity index (χ2v) is 6.39. The summed E-state index contributed by atoms with van der Waals surface area (Å²) in [6.07, 6.45) is 4.68. The molecule has 3 heterocycles. The van der Waals surface area contributed by atoms with E-state index in [1.807, 2.05) is 19.1 Å². The van der Waals surface area contributed by atoms with Crippen molar-refractivity contribution in [3.05, 3.63) is 77.7 Å². The van der Waals surface area contributed by atoms with Gasteiger partial charge in [-0.3, -0.25) is 9.78 Å². The number of amides is 1. The summed E-state index contributed by atoms with van der Waals surface area (Å²) in [7, 11) is 0. The monoisotopic (exact) mass is 392 g/mol. The first-order chi connectivity index (χ1) is 14.1. The average molecular weight is 392 g/mol. The summed E-state index contributed by atoms with van der Waals surface area (Å²) in [4.78, 5) is 18.1. The zero-order valence-corrected chi connectivity index (χ0v) is 15.5. The van der Waals surface area contributed by atoms with E-state index in [0.717, 1.165) is 11.8 Å². The first-order valence-corrected chi connectivity index (χ1v) is 8.93. The molecule has 0 aliphatic carbocycles. The van der Waals surface area contributed by atoms with Crippen molar-refractivity contribution < 1.29 is 13.7 Å². The number of benzene rings is 1. The Morgan fingerprint density at radius 2 is 1.97 bits per heavy atom. The molecular weight excluding hydrogens is 375 g/mol. The number of aryl methyl sites for hydroxylation is 1. The van der Waals surface area contributed by atoms with Crippen LogP contribution in [-0.4, -0.2) is 37.6 Å². The molecule has 9 heteroatoms. The minimum Gasteiger partial charge on any atom is -0.361 e. The Morgan fingerprint density at radius 1 is 1.14 bits per heavy atom. The second kappa shape index (κ2) is 8.01. The molecule has 8 nitrogen and oxygen atoms in total. The standard InChI is InChI=1S/C20H17FN6O2/c1-13-2-5-19(27-24-8-9-25-27)16(10-13)20(28)22-7-6-15-11-18(26-29-15)17-4-3-14(21)12-23-17/h2-5,8-12H,6-7H2,1H3,(H,22,28). The smallest absolute Gasteiger partial charge is 0.253 e. The van der Waals surface area contributed by atoms with Gasteiger partial charge in [-0.25, -0.2) is 4.39 Å². The summed E-state index contributed by atoms with van der Waals surface area (Å²) in [5.41, 5.74) is 3.06. The van der Waals surface area contributed by atoms with E-state index in [2.05, 4.69) is 25.7 Å². The molecule has 4 rings (SSSR count). The Hall–Kier alpha value is -3.88. The van der Waals surface area contributed by atoms with Crippen LogP contribution in [0.5, 0.6) is 0 Å². The molecule has 29 heavy (non-hydrogen) atoms. The molecule has 0 aliphatic heterocycles. The van der Waals surface area contributed by atoms with Gasteiger partial charge >= 0.3 is 0 Å². The van der Waals surface area contributed by atoms with Crippen LogP contribution in [0.4, 0.5) is 4.39 Å². The van der Waals surface area contributed by atoms with Crippen LogP contribution < -0.4 is 5.32 Å². The maximum absolute atomic E-state index is 13.0. The molecule has 0 atom stereocenters. The predicted molar refractivity (Wildman–Crippen MR) is 102 cm³/mol. The number of hydrogen-bond acceptors (Lipinski definition) is 6. The molecular formula is C20H17FN6O2. The highest BCUT2D eigenvalue weighted by Gasteiger charge is 2.15. The van der Waals surface area contributed by atoms with Crippen LogP contribution in [0.3, 0.4) is 0 Å². The molecule has 3 aromatic heterocycles. The van der Waals surface area contributed by atoms with Gasteiger partial charge in [0.15, 0.2) is 0 Å². The highest BCUT2D eigenvalue weighted by molar-refractivity contribution is 5.97. The Labute approximate surface area is 165 Å². The maximum atomic E-state index is 13.0. The van der Waals surface area contributed by atoms with Crippen molar-refractivity contribution in [1.29, 1.82) is 0 Å². The summed E-state index contributed by atoms with van der Waals surface area (Å²) in [6.45, 7) is 2.26. The quantitative estimate of drug-likeness (QED) is 0.542. The lowest BCUT2D eigenvalue weighted by Gasteiger charge is -2.10. The van der Waals surface area contributed by atoms with Crippen LogP contribution in [0, 0.1) is 12.7 Å². The van der Waals surface area contributed by atoms with Crippen molar-refractivity contribution in [1.82, 2.24) is 30.5 Å². The number of nitrogens with zero attached hydrogens (tertiary/aromatic N) is 5. The third-order valence-corrected chi connectivity index (χ3v) is 4.24.